The highest BCUT2D eigenvalue weighted by molar-refractivity contribution is 7.90. The van der Waals surface area contributed by atoms with E-state index in [4.69, 9.17) is 11.6 Å². The number of anilines is 1. The number of benzene rings is 1. The predicted molar refractivity (Wildman–Crippen MR) is 159 cm³/mol. The van der Waals surface area contributed by atoms with Gasteiger partial charge in [-0.25, -0.2) is 36.5 Å². The average molecular weight is 629 g/mol. The molecule has 1 amide bonds. The van der Waals surface area contributed by atoms with Gasteiger partial charge in [-0.1, -0.05) is 24.2 Å². The average Bonchev–Trinajstić information content (AvgIpc) is 2.93. The maximum Gasteiger partial charge on any atom is 0.355 e. The van der Waals surface area contributed by atoms with Gasteiger partial charge in [-0.2, -0.15) is 4.98 Å². The van der Waals surface area contributed by atoms with Crippen LogP contribution in [0.3, 0.4) is 0 Å². The standard InChI is InChI=1S/C29H27ClF2N6O4S/c1-6-22(39)36-13-17(4)37(14-16(36)3)26-18-12-21(32)24(23-19(30)8-7-9-20(23)31)34-27(18)38(29(40)35-26)25-15(2)10-11-33-28(25)43(5,41)42/h6-12,16-17H,1,13-14H2,2-5H3/t16-,17+/m1/s1. The first-order valence-electron chi connectivity index (χ1n) is 13.2. The minimum absolute atomic E-state index is 0.0542. The van der Waals surface area contributed by atoms with Crippen molar-refractivity contribution in [2.45, 2.75) is 37.9 Å². The highest BCUT2D eigenvalue weighted by Crippen LogP contribution is 2.36. The van der Waals surface area contributed by atoms with Crippen molar-refractivity contribution in [2.75, 3.05) is 24.2 Å². The van der Waals surface area contributed by atoms with Crippen molar-refractivity contribution >= 4 is 44.2 Å². The molecule has 0 saturated carbocycles. The van der Waals surface area contributed by atoms with Crippen molar-refractivity contribution in [1.82, 2.24) is 24.4 Å². The molecule has 4 heterocycles. The van der Waals surface area contributed by atoms with E-state index >= 15 is 4.39 Å². The topological polar surface area (TPSA) is 118 Å². The number of fused-ring (bicyclic) bond motifs is 1. The molecule has 10 nitrogen and oxygen atoms in total. The number of pyridine rings is 2. The summed E-state index contributed by atoms with van der Waals surface area (Å²) in [5, 5.41) is -0.479. The van der Waals surface area contributed by atoms with Crippen LogP contribution in [-0.2, 0) is 14.6 Å². The summed E-state index contributed by atoms with van der Waals surface area (Å²) in [6.45, 7) is 9.26. The number of halogens is 3. The molecule has 4 aromatic rings. The molecule has 0 radical (unpaired) electrons. The van der Waals surface area contributed by atoms with Gasteiger partial charge in [0.25, 0.3) is 0 Å². The van der Waals surface area contributed by atoms with Gasteiger partial charge >= 0.3 is 5.69 Å². The number of piperazine rings is 1. The zero-order valence-electron chi connectivity index (χ0n) is 23.7. The second-order valence-electron chi connectivity index (χ2n) is 10.4. The second-order valence-corrected chi connectivity index (χ2v) is 12.8. The van der Waals surface area contributed by atoms with E-state index in [9.17, 15) is 22.4 Å². The normalized spacial score (nSPS) is 17.4. The van der Waals surface area contributed by atoms with Gasteiger partial charge in [0.2, 0.25) is 5.91 Å². The number of aryl methyl sites for hydroxylation is 1. The Balaban J connectivity index is 1.87. The molecular formula is C29H27ClF2N6O4S. The minimum atomic E-state index is -3.97. The monoisotopic (exact) mass is 628 g/mol. The fourth-order valence-electron chi connectivity index (χ4n) is 5.34. The van der Waals surface area contributed by atoms with Crippen LogP contribution in [0.15, 0.2) is 59.0 Å². The fraction of sp³-hybridized carbons (Fsp3) is 0.276. The number of amides is 1. The largest absolute Gasteiger partial charge is 0.355 e. The summed E-state index contributed by atoms with van der Waals surface area (Å²) in [5.74, 6) is -1.98. The molecule has 1 aromatic carbocycles. The summed E-state index contributed by atoms with van der Waals surface area (Å²) in [6, 6.07) is 5.70. The second kappa shape index (κ2) is 11.1. The lowest BCUT2D eigenvalue weighted by molar-refractivity contribution is -0.128. The van der Waals surface area contributed by atoms with Gasteiger partial charge in [-0.15, -0.1) is 0 Å². The van der Waals surface area contributed by atoms with Crippen molar-refractivity contribution in [1.29, 1.82) is 0 Å². The van der Waals surface area contributed by atoms with E-state index in [1.807, 2.05) is 13.8 Å². The lowest BCUT2D eigenvalue weighted by atomic mass is 10.1. The lowest BCUT2D eigenvalue weighted by Crippen LogP contribution is -2.58. The van der Waals surface area contributed by atoms with E-state index in [0.29, 0.717) is 5.56 Å². The Bertz CT molecular complexity index is 1960. The van der Waals surface area contributed by atoms with Crippen LogP contribution in [0.4, 0.5) is 14.6 Å². The summed E-state index contributed by atoms with van der Waals surface area (Å²) >= 11 is 6.26. The number of hydrogen-bond donors (Lipinski definition) is 0. The Hall–Kier alpha value is -4.23. The molecule has 0 aliphatic carbocycles. The van der Waals surface area contributed by atoms with E-state index in [1.165, 1.54) is 30.5 Å². The summed E-state index contributed by atoms with van der Waals surface area (Å²) < 4.78 is 57.4. The van der Waals surface area contributed by atoms with Crippen molar-refractivity contribution in [3.05, 3.63) is 81.9 Å². The number of rotatable bonds is 5. The molecule has 14 heteroatoms. The summed E-state index contributed by atoms with van der Waals surface area (Å²) in [7, 11) is -3.97. The molecule has 0 N–H and O–H groups in total. The Morgan fingerprint density at radius 3 is 2.49 bits per heavy atom. The zero-order chi connectivity index (χ0) is 31.4. The van der Waals surface area contributed by atoms with Crippen LogP contribution in [0.2, 0.25) is 5.02 Å². The van der Waals surface area contributed by atoms with E-state index in [0.717, 1.165) is 23.0 Å². The maximum absolute atomic E-state index is 15.9. The van der Waals surface area contributed by atoms with Crippen LogP contribution in [0, 0.1) is 18.6 Å². The van der Waals surface area contributed by atoms with Crippen molar-refractivity contribution in [3.8, 4) is 16.9 Å². The lowest BCUT2D eigenvalue weighted by Gasteiger charge is -2.44. The smallest absolute Gasteiger partial charge is 0.349 e. The predicted octanol–water partition coefficient (Wildman–Crippen LogP) is 4.10. The van der Waals surface area contributed by atoms with E-state index in [-0.39, 0.29) is 64.2 Å². The molecule has 3 aromatic heterocycles. The number of nitrogens with zero attached hydrogens (tertiary/aromatic N) is 6. The molecule has 0 spiro atoms. The minimum Gasteiger partial charge on any atom is -0.349 e. The van der Waals surface area contributed by atoms with Crippen molar-refractivity contribution in [3.63, 3.8) is 0 Å². The Kier molecular flexibility index (Phi) is 7.82. The number of carbonyl (C=O) groups is 1. The van der Waals surface area contributed by atoms with Crippen LogP contribution < -0.4 is 10.6 Å². The van der Waals surface area contributed by atoms with Gasteiger partial charge in [0.15, 0.2) is 26.3 Å². The molecule has 1 saturated heterocycles. The number of aromatic nitrogens is 4. The van der Waals surface area contributed by atoms with Gasteiger partial charge in [-0.3, -0.25) is 4.79 Å². The number of carbonyl (C=O) groups excluding carboxylic acids is 1. The van der Waals surface area contributed by atoms with Crippen molar-refractivity contribution < 1.29 is 22.0 Å². The first kappa shape index (κ1) is 30.2. The molecule has 43 heavy (non-hydrogen) atoms. The molecule has 0 bridgehead atoms. The summed E-state index contributed by atoms with van der Waals surface area (Å²) in [6.07, 6.45) is 3.45. The van der Waals surface area contributed by atoms with E-state index < -0.39 is 37.9 Å². The van der Waals surface area contributed by atoms with Gasteiger partial charge in [-0.05, 0) is 56.7 Å². The van der Waals surface area contributed by atoms with E-state index in [2.05, 4.69) is 21.5 Å². The highest BCUT2D eigenvalue weighted by Gasteiger charge is 2.34. The Morgan fingerprint density at radius 2 is 1.84 bits per heavy atom. The van der Waals surface area contributed by atoms with Crippen LogP contribution in [0.5, 0.6) is 0 Å². The molecule has 1 aliphatic heterocycles. The molecule has 5 rings (SSSR count). The van der Waals surface area contributed by atoms with E-state index in [1.54, 1.807) is 16.7 Å². The summed E-state index contributed by atoms with van der Waals surface area (Å²) in [4.78, 5) is 42.4. The first-order chi connectivity index (χ1) is 20.2. The van der Waals surface area contributed by atoms with Crippen LogP contribution in [0.25, 0.3) is 28.0 Å². The first-order valence-corrected chi connectivity index (χ1v) is 15.4. The van der Waals surface area contributed by atoms with Gasteiger partial charge < -0.3 is 9.80 Å². The zero-order valence-corrected chi connectivity index (χ0v) is 25.2. The Morgan fingerprint density at radius 1 is 1.12 bits per heavy atom. The van der Waals surface area contributed by atoms with Gasteiger partial charge in [0, 0.05) is 37.6 Å². The highest BCUT2D eigenvalue weighted by atomic mass is 35.5. The molecule has 0 unspecified atom stereocenters. The molecular weight excluding hydrogens is 602 g/mol. The third-order valence-electron chi connectivity index (χ3n) is 7.38. The number of sulfone groups is 1. The molecule has 1 fully saturated rings. The third kappa shape index (κ3) is 5.27. The fourth-order valence-corrected chi connectivity index (χ4v) is 6.45. The third-order valence-corrected chi connectivity index (χ3v) is 8.70. The SMILES string of the molecule is C=CC(=O)N1C[C@H](C)N(c2nc(=O)n(-c3c(C)ccnc3S(C)(=O)=O)c3nc(-c4c(F)cccc4Cl)c(F)cc23)C[C@H]1C. The Labute approximate surface area is 251 Å². The molecule has 2 atom stereocenters. The van der Waals surface area contributed by atoms with Crippen LogP contribution in [-0.4, -0.2) is 70.2 Å². The number of hydrogen-bond acceptors (Lipinski definition) is 8. The molecule has 224 valence electrons. The van der Waals surface area contributed by atoms with Gasteiger partial charge in [0.1, 0.15) is 17.3 Å². The molecule has 1 aliphatic rings. The van der Waals surface area contributed by atoms with Crippen molar-refractivity contribution in [2.24, 2.45) is 0 Å². The van der Waals surface area contributed by atoms with Crippen LogP contribution in [0.1, 0.15) is 19.4 Å². The summed E-state index contributed by atoms with van der Waals surface area (Å²) in [5.41, 5.74) is -1.68. The quantitative estimate of drug-likeness (QED) is 0.303. The van der Waals surface area contributed by atoms with Gasteiger partial charge in [0.05, 0.1) is 21.7 Å². The van der Waals surface area contributed by atoms with Crippen LogP contribution >= 0.6 is 11.6 Å². The maximum atomic E-state index is 15.9.